The van der Waals surface area contributed by atoms with Crippen LogP contribution < -0.4 is 0 Å². The number of pyridine rings is 7. The monoisotopic (exact) mass is 1610 g/mol. The maximum atomic E-state index is 12.8. The van der Waals surface area contributed by atoms with Crippen LogP contribution in [0.1, 0.15) is 271 Å². The summed E-state index contributed by atoms with van der Waals surface area (Å²) >= 11 is 1.81. The van der Waals surface area contributed by atoms with Gasteiger partial charge >= 0.3 is 0 Å². The molecule has 18 nitrogen and oxygen atoms in total. The Morgan fingerprint density at radius 2 is 0.873 bits per heavy atom. The molecule has 15 aromatic rings. The van der Waals surface area contributed by atoms with Gasteiger partial charge in [-0.3, -0.25) is 34.6 Å². The van der Waals surface area contributed by atoms with Crippen molar-refractivity contribution >= 4 is 22.2 Å². The van der Waals surface area contributed by atoms with Crippen molar-refractivity contribution in [3.05, 3.63) is 324 Å². The molecule has 0 spiro atoms. The molecule has 0 N–H and O–H groups in total. The van der Waals surface area contributed by atoms with Gasteiger partial charge in [-0.05, 0) is 187 Å². The van der Waals surface area contributed by atoms with Crippen molar-refractivity contribution in [2.24, 2.45) is 0 Å². The molecule has 2 aromatic carbocycles. The van der Waals surface area contributed by atoms with Crippen LogP contribution in [-0.2, 0) is 6.54 Å². The van der Waals surface area contributed by atoms with E-state index in [-0.39, 0.29) is 11.7 Å². The van der Waals surface area contributed by atoms with Gasteiger partial charge in [-0.2, -0.15) is 5.10 Å². The number of benzene rings is 2. The minimum atomic E-state index is -0.211. The van der Waals surface area contributed by atoms with Gasteiger partial charge in [0.15, 0.2) is 36.5 Å². The number of hydrogen-bond acceptors (Lipinski definition) is 18. The summed E-state index contributed by atoms with van der Waals surface area (Å²) in [4.78, 5) is 54.6. The number of nitrogens with zero attached hydrogens (tertiary/aromatic N) is 15. The Bertz CT molecular complexity index is 4850. The minimum absolute atomic E-state index is 0.211. The van der Waals surface area contributed by atoms with Gasteiger partial charge in [-0.15, -0.1) is 11.3 Å². The summed E-state index contributed by atoms with van der Waals surface area (Å²) in [5, 5.41) is 6.93. The van der Waals surface area contributed by atoms with Crippen LogP contribution in [-0.4, -0.2) is 74.6 Å². The third-order valence-corrected chi connectivity index (χ3v) is 19.5. The number of fused-ring (bicyclic) bond motifs is 1. The van der Waals surface area contributed by atoms with Crippen molar-refractivity contribution in [2.45, 2.75) is 225 Å². The number of rotatable bonds is 15. The third-order valence-electron chi connectivity index (χ3n) is 18.2. The van der Waals surface area contributed by atoms with Crippen molar-refractivity contribution in [1.82, 2.24) is 74.6 Å². The van der Waals surface area contributed by atoms with Crippen molar-refractivity contribution in [3.8, 4) is 45.4 Å². The molecule has 0 saturated heterocycles. The molecule has 0 bridgehead atoms. The van der Waals surface area contributed by atoms with Crippen LogP contribution in [0.3, 0.4) is 0 Å². The van der Waals surface area contributed by atoms with E-state index < -0.39 is 0 Å². The third kappa shape index (κ3) is 32.4. The second kappa shape index (κ2) is 50.7. The molecular weight excluding hydrogens is 1490 g/mol. The molecule has 0 saturated carbocycles. The zero-order chi connectivity index (χ0) is 86.1. The van der Waals surface area contributed by atoms with Crippen molar-refractivity contribution in [3.63, 3.8) is 0 Å². The quantitative estimate of drug-likeness (QED) is 0.0930. The SMILES string of the molecule is CC(C)c1cc(-c2cnco2)ccn1.CC(C)c1cccc(-c2cccnc2)n1.CC(C)c1cccc(-c2cnco2)c1.CC(C)c1cccc(-c2cnco2)n1.CC(C)c1ccccn1.CC(C)c1cccnc1.CC(C)c1ccncc1F.CC(C)c1ccncn1.CCn1ncc2c(C(C)C)cccc21.Cc1nc(C(C)C)sc1C. The van der Waals surface area contributed by atoms with E-state index in [9.17, 15) is 4.39 Å². The smallest absolute Gasteiger partial charge is 0.181 e. The Labute approximate surface area is 704 Å². The molecule has 13 heterocycles. The Morgan fingerprint density at radius 1 is 0.356 bits per heavy atom. The fourth-order valence-electron chi connectivity index (χ4n) is 10.9. The Balaban J connectivity index is 0.000000205. The molecule has 15 rings (SSSR count). The molecule has 13 aromatic heterocycles. The van der Waals surface area contributed by atoms with E-state index in [1.165, 1.54) is 68.5 Å². The number of hydrogen-bond donors (Lipinski definition) is 0. The van der Waals surface area contributed by atoms with Gasteiger partial charge in [0.1, 0.15) is 17.8 Å². The first kappa shape index (κ1) is 95.1. The van der Waals surface area contributed by atoms with E-state index in [2.05, 4.69) is 258 Å². The van der Waals surface area contributed by atoms with E-state index in [0.717, 1.165) is 80.2 Å². The summed E-state index contributed by atoms with van der Waals surface area (Å²) in [5.41, 5.74) is 17.7. The first-order valence-corrected chi connectivity index (χ1v) is 41.5. The van der Waals surface area contributed by atoms with Crippen molar-refractivity contribution in [2.75, 3.05) is 0 Å². The van der Waals surface area contributed by atoms with Gasteiger partial charge in [-0.1, -0.05) is 193 Å². The molecule has 0 unspecified atom stereocenters. The average molecular weight is 1610 g/mol. The molecule has 620 valence electrons. The second-order valence-corrected chi connectivity index (χ2v) is 32.1. The summed E-state index contributed by atoms with van der Waals surface area (Å²) in [7, 11) is 0. The standard InChI is InChI=1S/C13H14N2.C12H16N2.C12H13NO.2C11H12N2O.C8H10FN.C8H13NS.2C8H11N.C7H10N2/c1-10(2)12-6-3-7-13(15-12)11-5-4-8-14-9-11;1-4-14-12-7-5-6-10(9(2)3)11(12)8-13-14;1-9(2)10-4-3-5-11(6-10)12-7-13-8-14-12;1-8(2)10-5-9(3-4-13-10)11-6-12-7-14-11;1-8(2)9-4-3-5-10(13-9)11-6-12-7-14-11;1-6(2)7-3-4-10-5-8(7)9;1-5(2)8-9-6(3)7(4)10-8;1-7(2)8-4-3-5-9-6-8;1-7(2)8-5-3-4-6-9-8;1-6(2)7-3-4-8-5-9-7/h3-10H,1-2H3;5-9H,4H2,1-3H3;3-9H,1-2H3;2*3-8H,1-2H3;3-6H,1-2H3;5H,1-4H3;2*3-7H,1-2H3;3-6H,1-2H3. The zero-order valence-electron chi connectivity index (χ0n) is 73.4. The van der Waals surface area contributed by atoms with E-state index >= 15 is 0 Å². The first-order valence-electron chi connectivity index (χ1n) is 40.7. The van der Waals surface area contributed by atoms with Crippen LogP contribution in [0.25, 0.3) is 56.3 Å². The Morgan fingerprint density at radius 3 is 1.32 bits per heavy atom. The molecule has 0 aliphatic heterocycles. The molecule has 0 amide bonds. The number of thiazole rings is 1. The normalized spacial score (nSPS) is 10.7. The second-order valence-electron chi connectivity index (χ2n) is 30.9. The number of aryl methyl sites for hydroxylation is 3. The van der Waals surface area contributed by atoms with Gasteiger partial charge < -0.3 is 13.3 Å². The lowest BCUT2D eigenvalue weighted by molar-refractivity contribution is 0.569. The van der Waals surface area contributed by atoms with Gasteiger partial charge in [0.05, 0.1) is 52.9 Å². The summed E-state index contributed by atoms with van der Waals surface area (Å²) in [6, 6.07) is 48.5. The highest BCUT2D eigenvalue weighted by atomic mass is 32.1. The number of aromatic nitrogens is 15. The highest BCUT2D eigenvalue weighted by molar-refractivity contribution is 7.11. The fraction of sp³-hybridized carbons (Fsp3) is 0.347. The van der Waals surface area contributed by atoms with E-state index in [1.54, 1.807) is 62.0 Å². The van der Waals surface area contributed by atoms with Crippen LogP contribution in [0.4, 0.5) is 4.39 Å². The van der Waals surface area contributed by atoms with Crippen LogP contribution in [0.2, 0.25) is 0 Å². The van der Waals surface area contributed by atoms with E-state index in [1.807, 2.05) is 152 Å². The van der Waals surface area contributed by atoms with Crippen LogP contribution in [0.5, 0.6) is 0 Å². The average Bonchev–Trinajstić information content (AvgIpc) is 1.66. The highest BCUT2D eigenvalue weighted by Crippen LogP contribution is 2.29. The first-order chi connectivity index (χ1) is 56.6. The molecular formula is C98H122FN15O3S. The lowest BCUT2D eigenvalue weighted by Gasteiger charge is -2.06. The molecule has 0 atom stereocenters. The molecule has 0 aliphatic carbocycles. The summed E-state index contributed by atoms with van der Waals surface area (Å²) in [6.07, 6.45) is 28.5. The maximum Gasteiger partial charge on any atom is 0.181 e. The largest absolute Gasteiger partial charge is 0.444 e. The number of halogens is 1. The molecule has 0 fully saturated rings. The zero-order valence-corrected chi connectivity index (χ0v) is 74.2. The van der Waals surface area contributed by atoms with Crippen molar-refractivity contribution < 1.29 is 17.6 Å². The van der Waals surface area contributed by atoms with Crippen LogP contribution in [0, 0.1) is 19.7 Å². The van der Waals surface area contributed by atoms with E-state index in [4.69, 9.17) is 13.3 Å². The topological polar surface area (TPSA) is 225 Å². The van der Waals surface area contributed by atoms with E-state index in [0.29, 0.717) is 59.0 Å². The lowest BCUT2D eigenvalue weighted by Crippen LogP contribution is -1.95. The summed E-state index contributed by atoms with van der Waals surface area (Å²) < 4.78 is 30.5. The minimum Gasteiger partial charge on any atom is -0.444 e. The molecule has 0 radical (unpaired) electrons. The molecule has 0 aliphatic rings. The highest BCUT2D eigenvalue weighted by Gasteiger charge is 2.13. The predicted octanol–water partition coefficient (Wildman–Crippen LogP) is 26.9. The van der Waals surface area contributed by atoms with Gasteiger partial charge in [0, 0.05) is 117 Å². The van der Waals surface area contributed by atoms with Crippen molar-refractivity contribution in [1.29, 1.82) is 0 Å². The molecule has 20 heteroatoms. The predicted molar refractivity (Wildman–Crippen MR) is 481 cm³/mol. The fourth-order valence-corrected chi connectivity index (χ4v) is 11.9. The van der Waals surface area contributed by atoms with Gasteiger partial charge in [0.25, 0.3) is 0 Å². The Kier molecular flexibility index (Phi) is 40.8. The summed E-state index contributed by atoms with van der Waals surface area (Å²) in [5.74, 6) is 7.01. The van der Waals surface area contributed by atoms with Crippen LogP contribution in [0.15, 0.2) is 265 Å². The molecule has 118 heavy (non-hydrogen) atoms. The number of oxazole rings is 3. The Hall–Kier alpha value is -11.8. The van der Waals surface area contributed by atoms with Gasteiger partial charge in [0.2, 0.25) is 0 Å². The van der Waals surface area contributed by atoms with Crippen LogP contribution >= 0.6 is 11.3 Å². The summed E-state index contributed by atoms with van der Waals surface area (Å²) in [6.45, 7) is 49.9. The maximum absolute atomic E-state index is 12.8. The lowest BCUT2D eigenvalue weighted by atomic mass is 10.00. The van der Waals surface area contributed by atoms with Gasteiger partial charge in [-0.25, -0.2) is 39.3 Å².